The van der Waals surface area contributed by atoms with E-state index in [0.717, 1.165) is 35.6 Å². The fourth-order valence-electron chi connectivity index (χ4n) is 3.99. The monoisotopic (exact) mass is 352 g/mol. The molecule has 2 N–H and O–H groups in total. The Labute approximate surface area is 153 Å². The third-order valence-corrected chi connectivity index (χ3v) is 5.31. The van der Waals surface area contributed by atoms with Crippen LogP contribution in [0.2, 0.25) is 0 Å². The van der Waals surface area contributed by atoms with Gasteiger partial charge in [-0.25, -0.2) is 4.98 Å². The van der Waals surface area contributed by atoms with E-state index in [4.69, 9.17) is 0 Å². The number of aryl methyl sites for hydroxylation is 2. The van der Waals surface area contributed by atoms with Crippen molar-refractivity contribution in [1.82, 2.24) is 20.2 Å². The van der Waals surface area contributed by atoms with Crippen molar-refractivity contribution in [3.63, 3.8) is 0 Å². The molecular weight excluding hydrogens is 328 g/mol. The molecule has 4 rings (SSSR count). The zero-order valence-corrected chi connectivity index (χ0v) is 15.0. The standard InChI is InChI=1S/C20H24N4O2/c1-13-21-17-8-7-15(9-18(17)22-13)20(26)23-16-10-19(25)24(12-16)11-14-5-3-2-4-6-14/h2-6,15-16H,7-12H2,1H3,(H,21,22)(H,23,26)/t15-,16-/m0/s1. The lowest BCUT2D eigenvalue weighted by atomic mass is 9.89. The van der Waals surface area contributed by atoms with Gasteiger partial charge in [-0.1, -0.05) is 30.3 Å². The Morgan fingerprint density at radius 1 is 1.31 bits per heavy atom. The van der Waals surface area contributed by atoms with Crippen LogP contribution in [0.1, 0.15) is 35.6 Å². The van der Waals surface area contributed by atoms with Crippen molar-refractivity contribution in [3.05, 3.63) is 53.1 Å². The topological polar surface area (TPSA) is 78.1 Å². The number of benzene rings is 1. The molecule has 6 heteroatoms. The number of fused-ring (bicyclic) bond motifs is 1. The van der Waals surface area contributed by atoms with Gasteiger partial charge in [0.15, 0.2) is 0 Å². The van der Waals surface area contributed by atoms with Gasteiger partial charge in [0.2, 0.25) is 11.8 Å². The molecule has 6 nitrogen and oxygen atoms in total. The molecular formula is C20H24N4O2. The summed E-state index contributed by atoms with van der Waals surface area (Å²) >= 11 is 0. The minimum Gasteiger partial charge on any atom is -0.351 e. The number of H-pyrrole nitrogens is 1. The van der Waals surface area contributed by atoms with E-state index in [-0.39, 0.29) is 23.8 Å². The number of rotatable bonds is 4. The number of likely N-dealkylation sites (tertiary alicyclic amines) is 1. The van der Waals surface area contributed by atoms with Crippen LogP contribution in [0.4, 0.5) is 0 Å². The summed E-state index contributed by atoms with van der Waals surface area (Å²) in [6, 6.07) is 9.86. The Balaban J connectivity index is 1.33. The molecule has 0 saturated carbocycles. The van der Waals surface area contributed by atoms with Crippen molar-refractivity contribution in [3.8, 4) is 0 Å². The second-order valence-electron chi connectivity index (χ2n) is 7.36. The van der Waals surface area contributed by atoms with Crippen LogP contribution in [0.5, 0.6) is 0 Å². The van der Waals surface area contributed by atoms with E-state index in [9.17, 15) is 9.59 Å². The van der Waals surface area contributed by atoms with Crippen LogP contribution in [0, 0.1) is 12.8 Å². The van der Waals surface area contributed by atoms with Crippen LogP contribution in [0.25, 0.3) is 0 Å². The van der Waals surface area contributed by atoms with Crippen molar-refractivity contribution in [2.75, 3.05) is 6.54 Å². The van der Waals surface area contributed by atoms with Gasteiger partial charge in [0, 0.05) is 37.5 Å². The van der Waals surface area contributed by atoms with Crippen molar-refractivity contribution in [2.24, 2.45) is 5.92 Å². The molecule has 2 heterocycles. The van der Waals surface area contributed by atoms with Gasteiger partial charge in [-0.15, -0.1) is 0 Å². The number of aromatic amines is 1. The van der Waals surface area contributed by atoms with E-state index in [1.807, 2.05) is 42.2 Å². The molecule has 2 atom stereocenters. The summed E-state index contributed by atoms with van der Waals surface area (Å²) in [7, 11) is 0. The lowest BCUT2D eigenvalue weighted by Gasteiger charge is -2.23. The van der Waals surface area contributed by atoms with Gasteiger partial charge in [-0.2, -0.15) is 0 Å². The molecule has 26 heavy (non-hydrogen) atoms. The molecule has 2 amide bonds. The first-order valence-electron chi connectivity index (χ1n) is 9.25. The molecule has 2 aliphatic rings. The lowest BCUT2D eigenvalue weighted by Crippen LogP contribution is -2.42. The van der Waals surface area contributed by atoms with Crippen LogP contribution >= 0.6 is 0 Å². The van der Waals surface area contributed by atoms with Gasteiger partial charge in [-0.05, 0) is 25.3 Å². The van der Waals surface area contributed by atoms with Crippen LogP contribution in [-0.2, 0) is 29.0 Å². The van der Waals surface area contributed by atoms with Crippen LogP contribution in [0.15, 0.2) is 30.3 Å². The fourth-order valence-corrected chi connectivity index (χ4v) is 3.99. The van der Waals surface area contributed by atoms with E-state index in [1.165, 1.54) is 0 Å². The lowest BCUT2D eigenvalue weighted by molar-refractivity contribution is -0.128. The molecule has 1 aromatic carbocycles. The van der Waals surface area contributed by atoms with Crippen molar-refractivity contribution >= 4 is 11.8 Å². The van der Waals surface area contributed by atoms with E-state index >= 15 is 0 Å². The number of hydrogen-bond acceptors (Lipinski definition) is 3. The molecule has 0 unspecified atom stereocenters. The van der Waals surface area contributed by atoms with Crippen molar-refractivity contribution < 1.29 is 9.59 Å². The van der Waals surface area contributed by atoms with E-state index < -0.39 is 0 Å². The summed E-state index contributed by atoms with van der Waals surface area (Å²) in [5, 5.41) is 3.10. The highest BCUT2D eigenvalue weighted by Gasteiger charge is 2.33. The normalized spacial score (nSPS) is 22.3. The molecule has 136 valence electrons. The third kappa shape index (κ3) is 3.49. The average molecular weight is 352 g/mol. The zero-order valence-electron chi connectivity index (χ0n) is 15.0. The number of hydrogen-bond donors (Lipinski definition) is 2. The number of aromatic nitrogens is 2. The Kier molecular flexibility index (Phi) is 4.49. The number of carbonyl (C=O) groups is 2. The summed E-state index contributed by atoms with van der Waals surface area (Å²) in [6.45, 7) is 3.13. The van der Waals surface area contributed by atoms with Gasteiger partial charge >= 0.3 is 0 Å². The number of nitrogens with one attached hydrogen (secondary N) is 2. The van der Waals surface area contributed by atoms with Gasteiger partial charge in [0.1, 0.15) is 5.82 Å². The molecule has 1 aliphatic carbocycles. The van der Waals surface area contributed by atoms with Gasteiger partial charge in [0.05, 0.1) is 11.7 Å². The maximum Gasteiger partial charge on any atom is 0.225 e. The predicted molar refractivity (Wildman–Crippen MR) is 97.2 cm³/mol. The summed E-state index contributed by atoms with van der Waals surface area (Å²) in [6.07, 6.45) is 2.75. The zero-order chi connectivity index (χ0) is 18.1. The van der Waals surface area contributed by atoms with Crippen molar-refractivity contribution in [2.45, 2.75) is 45.2 Å². The highest BCUT2D eigenvalue weighted by molar-refractivity contribution is 5.83. The number of imidazole rings is 1. The summed E-state index contributed by atoms with van der Waals surface area (Å²) < 4.78 is 0. The summed E-state index contributed by atoms with van der Waals surface area (Å²) in [5.74, 6) is 1.03. The maximum absolute atomic E-state index is 12.7. The molecule has 0 radical (unpaired) electrons. The summed E-state index contributed by atoms with van der Waals surface area (Å²) in [5.41, 5.74) is 3.29. The molecule has 0 spiro atoms. The minimum atomic E-state index is -0.0939. The number of carbonyl (C=O) groups excluding carboxylic acids is 2. The van der Waals surface area contributed by atoms with E-state index in [1.54, 1.807) is 0 Å². The van der Waals surface area contributed by atoms with Gasteiger partial charge in [-0.3, -0.25) is 9.59 Å². The number of amides is 2. The fraction of sp³-hybridized carbons (Fsp3) is 0.450. The number of nitrogens with zero attached hydrogens (tertiary/aromatic N) is 2. The Morgan fingerprint density at radius 3 is 2.92 bits per heavy atom. The smallest absolute Gasteiger partial charge is 0.225 e. The van der Waals surface area contributed by atoms with Crippen molar-refractivity contribution in [1.29, 1.82) is 0 Å². The predicted octanol–water partition coefficient (Wildman–Crippen LogP) is 1.74. The first-order valence-corrected chi connectivity index (χ1v) is 9.25. The summed E-state index contributed by atoms with van der Waals surface area (Å²) in [4.78, 5) is 34.5. The SMILES string of the molecule is Cc1nc2c([nH]1)C[C@@H](C(=O)N[C@H]1CC(=O)N(Cc3ccccc3)C1)CC2. The molecule has 1 aromatic heterocycles. The second kappa shape index (κ2) is 6.94. The van der Waals surface area contributed by atoms with Crippen LogP contribution in [0.3, 0.4) is 0 Å². The Hall–Kier alpha value is -2.63. The highest BCUT2D eigenvalue weighted by atomic mass is 16.2. The Morgan fingerprint density at radius 2 is 2.12 bits per heavy atom. The molecule has 1 aliphatic heterocycles. The minimum absolute atomic E-state index is 0.0411. The van der Waals surface area contributed by atoms with E-state index in [2.05, 4.69) is 15.3 Å². The first kappa shape index (κ1) is 16.8. The largest absolute Gasteiger partial charge is 0.351 e. The first-order chi connectivity index (χ1) is 12.6. The van der Waals surface area contributed by atoms with Crippen LogP contribution in [-0.4, -0.2) is 39.3 Å². The molecule has 2 aromatic rings. The van der Waals surface area contributed by atoms with Gasteiger partial charge < -0.3 is 15.2 Å². The third-order valence-electron chi connectivity index (χ3n) is 5.31. The maximum atomic E-state index is 12.7. The van der Waals surface area contributed by atoms with Crippen LogP contribution < -0.4 is 5.32 Å². The molecule has 0 bridgehead atoms. The average Bonchev–Trinajstić information content (AvgIpc) is 3.16. The highest BCUT2D eigenvalue weighted by Crippen LogP contribution is 2.24. The second-order valence-corrected chi connectivity index (χ2v) is 7.36. The van der Waals surface area contributed by atoms with E-state index in [0.29, 0.717) is 25.9 Å². The molecule has 1 saturated heterocycles. The van der Waals surface area contributed by atoms with Gasteiger partial charge in [0.25, 0.3) is 0 Å². The molecule has 1 fully saturated rings. The Bertz CT molecular complexity index is 814. The quantitative estimate of drug-likeness (QED) is 0.880.